The Morgan fingerprint density at radius 3 is 2.43 bits per heavy atom. The molecule has 1 aromatic rings. The van der Waals surface area contributed by atoms with Crippen LogP contribution in [0, 0.1) is 15.5 Å². The number of carbonyl (C=O) groups excluding carboxylic acids is 1. The van der Waals surface area contributed by atoms with Crippen LogP contribution >= 0.6 is 11.6 Å². The molecule has 0 amide bonds. The van der Waals surface area contributed by atoms with Crippen molar-refractivity contribution in [1.82, 2.24) is 0 Å². The number of benzene rings is 1. The molecule has 1 fully saturated rings. The number of hydrogen-bond acceptors (Lipinski definition) is 4. The summed E-state index contributed by atoms with van der Waals surface area (Å²) in [5.41, 5.74) is -3.01. The van der Waals surface area contributed by atoms with E-state index in [9.17, 15) is 23.7 Å². The zero-order chi connectivity index (χ0) is 17.6. The monoisotopic (exact) mass is 347 g/mol. The van der Waals surface area contributed by atoms with Crippen molar-refractivity contribution in [1.29, 1.82) is 0 Å². The van der Waals surface area contributed by atoms with Gasteiger partial charge in [0.1, 0.15) is 16.0 Å². The average molecular weight is 348 g/mol. The molecule has 5 nitrogen and oxygen atoms in total. The number of esters is 1. The van der Waals surface area contributed by atoms with E-state index in [1.807, 2.05) is 0 Å². The predicted octanol–water partition coefficient (Wildman–Crippen LogP) is 4.16. The van der Waals surface area contributed by atoms with Gasteiger partial charge in [-0.05, 0) is 38.8 Å². The Morgan fingerprint density at radius 1 is 1.43 bits per heavy atom. The average Bonchev–Trinajstić information content (AvgIpc) is 2.92. The highest BCUT2D eigenvalue weighted by Crippen LogP contribution is 2.63. The maximum Gasteiger partial charge on any atom is 0.319 e. The lowest BCUT2D eigenvalue weighted by Gasteiger charge is -2.24. The quantitative estimate of drug-likeness (QED) is 0.466. The molecule has 1 unspecified atom stereocenters. The van der Waals surface area contributed by atoms with Crippen LogP contribution in [0.5, 0.6) is 0 Å². The lowest BCUT2D eigenvalue weighted by atomic mass is 9.95. The summed E-state index contributed by atoms with van der Waals surface area (Å²) in [6.07, 6.45) is -0.974. The zero-order valence-corrected chi connectivity index (χ0v) is 13.6. The van der Waals surface area contributed by atoms with Crippen molar-refractivity contribution >= 4 is 23.3 Å². The fourth-order valence-corrected chi connectivity index (χ4v) is 2.54. The van der Waals surface area contributed by atoms with Crippen molar-refractivity contribution in [3.05, 3.63) is 38.9 Å². The van der Waals surface area contributed by atoms with Gasteiger partial charge in [0.05, 0.1) is 4.92 Å². The molecule has 1 atom stereocenters. The number of halogens is 3. The van der Waals surface area contributed by atoms with Gasteiger partial charge in [0.2, 0.25) is 0 Å². The van der Waals surface area contributed by atoms with E-state index in [0.29, 0.717) is 0 Å². The van der Waals surface area contributed by atoms with Crippen molar-refractivity contribution in [3.63, 3.8) is 0 Å². The first-order chi connectivity index (χ1) is 10.4. The van der Waals surface area contributed by atoms with E-state index in [0.717, 1.165) is 6.07 Å². The number of alkyl halides is 2. The van der Waals surface area contributed by atoms with Gasteiger partial charge in [-0.25, -0.2) is 8.78 Å². The van der Waals surface area contributed by atoms with Crippen LogP contribution in [0.3, 0.4) is 0 Å². The van der Waals surface area contributed by atoms with Gasteiger partial charge in [-0.2, -0.15) is 0 Å². The van der Waals surface area contributed by atoms with Crippen LogP contribution in [0.4, 0.5) is 14.5 Å². The fourth-order valence-electron chi connectivity index (χ4n) is 2.35. The van der Waals surface area contributed by atoms with Gasteiger partial charge in [-0.15, -0.1) is 0 Å². The van der Waals surface area contributed by atoms with Gasteiger partial charge in [0.15, 0.2) is 0 Å². The number of nitro benzene ring substituents is 1. The SMILES string of the molecule is CC(C)(C)OC(=O)C1(Cc2ccc(Cl)c([N+](=O)[O-])c2)CC1(F)F. The normalized spacial score (nSPS) is 22.5. The topological polar surface area (TPSA) is 69.4 Å². The lowest BCUT2D eigenvalue weighted by Crippen LogP contribution is -2.34. The number of nitro groups is 1. The fraction of sp³-hybridized carbons (Fsp3) is 0.533. The molecule has 0 aliphatic heterocycles. The Labute approximate surface area is 136 Å². The highest BCUT2D eigenvalue weighted by atomic mass is 35.5. The van der Waals surface area contributed by atoms with Gasteiger partial charge < -0.3 is 4.74 Å². The second-order valence-electron chi connectivity index (χ2n) is 6.68. The number of carbonyl (C=O) groups is 1. The van der Waals surface area contributed by atoms with Gasteiger partial charge in [0, 0.05) is 12.5 Å². The van der Waals surface area contributed by atoms with E-state index in [2.05, 4.69) is 0 Å². The minimum atomic E-state index is -3.19. The molecule has 1 aliphatic rings. The summed E-state index contributed by atoms with van der Waals surface area (Å²) in [5, 5.41) is 10.8. The largest absolute Gasteiger partial charge is 0.459 e. The van der Waals surface area contributed by atoms with E-state index < -0.39 is 34.3 Å². The number of ether oxygens (including phenoxy) is 1. The Bertz CT molecular complexity index is 672. The van der Waals surface area contributed by atoms with Gasteiger partial charge >= 0.3 is 5.97 Å². The van der Waals surface area contributed by atoms with Crippen molar-refractivity contribution in [3.8, 4) is 0 Å². The minimum Gasteiger partial charge on any atom is -0.459 e. The summed E-state index contributed by atoms with van der Waals surface area (Å²) in [5.74, 6) is -4.18. The molecule has 1 aliphatic carbocycles. The van der Waals surface area contributed by atoms with Crippen molar-refractivity contribution in [2.24, 2.45) is 5.41 Å². The molecule has 23 heavy (non-hydrogen) atoms. The summed E-state index contributed by atoms with van der Waals surface area (Å²) < 4.78 is 32.8. The summed E-state index contributed by atoms with van der Waals surface area (Å²) in [7, 11) is 0. The highest BCUT2D eigenvalue weighted by Gasteiger charge is 2.76. The lowest BCUT2D eigenvalue weighted by molar-refractivity contribution is -0.384. The number of nitrogens with zero attached hydrogens (tertiary/aromatic N) is 1. The van der Waals surface area contributed by atoms with Crippen LogP contribution in [-0.4, -0.2) is 22.4 Å². The third-order valence-electron chi connectivity index (χ3n) is 3.60. The molecule has 0 aromatic heterocycles. The Morgan fingerprint density at radius 2 is 2.00 bits per heavy atom. The first-order valence-corrected chi connectivity index (χ1v) is 7.30. The molecule has 0 radical (unpaired) electrons. The van der Waals surface area contributed by atoms with Gasteiger partial charge in [-0.3, -0.25) is 14.9 Å². The Kier molecular flexibility index (Phi) is 4.13. The van der Waals surface area contributed by atoms with Crippen LogP contribution in [0.15, 0.2) is 18.2 Å². The van der Waals surface area contributed by atoms with E-state index in [1.165, 1.54) is 12.1 Å². The van der Waals surface area contributed by atoms with E-state index >= 15 is 0 Å². The molecule has 0 bridgehead atoms. The van der Waals surface area contributed by atoms with E-state index in [1.54, 1.807) is 20.8 Å². The molecule has 1 aromatic carbocycles. The van der Waals surface area contributed by atoms with Gasteiger partial charge in [-0.1, -0.05) is 17.7 Å². The summed E-state index contributed by atoms with van der Waals surface area (Å²) in [6, 6.07) is 3.77. The van der Waals surface area contributed by atoms with Crippen LogP contribution in [0.2, 0.25) is 5.02 Å². The van der Waals surface area contributed by atoms with Crippen LogP contribution < -0.4 is 0 Å². The smallest absolute Gasteiger partial charge is 0.319 e. The minimum absolute atomic E-state index is 0.0902. The van der Waals surface area contributed by atoms with E-state index in [4.69, 9.17) is 16.3 Å². The van der Waals surface area contributed by atoms with E-state index in [-0.39, 0.29) is 22.7 Å². The number of hydrogen-bond donors (Lipinski definition) is 0. The maximum atomic E-state index is 13.8. The molecule has 1 saturated carbocycles. The second-order valence-corrected chi connectivity index (χ2v) is 7.09. The Balaban J connectivity index is 2.30. The molecule has 126 valence electrons. The molecule has 8 heteroatoms. The van der Waals surface area contributed by atoms with Crippen molar-refractivity contribution in [2.75, 3.05) is 0 Å². The zero-order valence-electron chi connectivity index (χ0n) is 12.9. The van der Waals surface area contributed by atoms with Crippen LogP contribution in [0.1, 0.15) is 32.8 Å². The molecule has 0 heterocycles. The molecule has 2 rings (SSSR count). The maximum absolute atomic E-state index is 13.8. The first-order valence-electron chi connectivity index (χ1n) is 6.92. The van der Waals surface area contributed by atoms with Gasteiger partial charge in [0.25, 0.3) is 11.6 Å². The molecule has 0 saturated heterocycles. The highest BCUT2D eigenvalue weighted by molar-refractivity contribution is 6.32. The van der Waals surface area contributed by atoms with Crippen LogP contribution in [-0.2, 0) is 16.0 Å². The molecule has 0 N–H and O–H groups in total. The molecular weight excluding hydrogens is 332 g/mol. The van der Waals surface area contributed by atoms with Crippen molar-refractivity contribution in [2.45, 2.75) is 45.1 Å². The number of rotatable bonds is 4. The summed E-state index contributed by atoms with van der Waals surface area (Å²) >= 11 is 5.70. The van der Waals surface area contributed by atoms with Crippen molar-refractivity contribution < 1.29 is 23.2 Å². The van der Waals surface area contributed by atoms with Crippen LogP contribution in [0.25, 0.3) is 0 Å². The summed E-state index contributed by atoms with van der Waals surface area (Å²) in [6.45, 7) is 4.77. The standard InChI is InChI=1S/C15H16ClF2NO4/c1-13(2,3)23-12(20)14(8-15(14,17)18)7-9-4-5-10(16)11(6-9)19(21)22/h4-6H,7-8H2,1-3H3. The Hall–Kier alpha value is -1.76. The second kappa shape index (κ2) is 5.40. The summed E-state index contributed by atoms with van der Waals surface area (Å²) in [4.78, 5) is 22.4. The third kappa shape index (κ3) is 3.44. The predicted molar refractivity (Wildman–Crippen MR) is 79.7 cm³/mol. The molecule has 0 spiro atoms. The third-order valence-corrected chi connectivity index (χ3v) is 3.92. The molecular formula is C15H16ClF2NO4. The first kappa shape index (κ1) is 17.6.